The second kappa shape index (κ2) is 5.35. The van der Waals surface area contributed by atoms with E-state index in [2.05, 4.69) is 41.2 Å². The Hall–Kier alpha value is -1.62. The zero-order chi connectivity index (χ0) is 13.1. The third kappa shape index (κ3) is 2.31. The molecule has 0 aromatic carbocycles. The molecular formula is C13H21N5. The molecule has 2 heterocycles. The van der Waals surface area contributed by atoms with Crippen molar-refractivity contribution in [2.45, 2.75) is 40.8 Å². The maximum atomic E-state index is 4.53. The second-order valence-electron chi connectivity index (χ2n) is 4.39. The zero-order valence-electron chi connectivity index (χ0n) is 11.5. The molecule has 2 N–H and O–H groups in total. The first kappa shape index (κ1) is 12.8. The van der Waals surface area contributed by atoms with Crippen LogP contribution < -0.4 is 5.32 Å². The Balaban J connectivity index is 2.31. The Labute approximate surface area is 108 Å². The molecule has 0 fully saturated rings. The number of imidazole rings is 1. The quantitative estimate of drug-likeness (QED) is 0.850. The number of rotatable bonds is 5. The summed E-state index contributed by atoms with van der Waals surface area (Å²) in [4.78, 5) is 7.75. The lowest BCUT2D eigenvalue weighted by atomic mass is 10.1. The van der Waals surface area contributed by atoms with E-state index in [-0.39, 0.29) is 0 Å². The highest BCUT2D eigenvalue weighted by atomic mass is 15.3. The first-order chi connectivity index (χ1) is 8.67. The molecule has 0 unspecified atom stereocenters. The third-order valence-electron chi connectivity index (χ3n) is 3.12. The Morgan fingerprint density at radius 1 is 1.33 bits per heavy atom. The summed E-state index contributed by atoms with van der Waals surface area (Å²) in [6.45, 7) is 10.9. The number of hydrogen-bond acceptors (Lipinski definition) is 3. The van der Waals surface area contributed by atoms with Crippen molar-refractivity contribution >= 4 is 0 Å². The number of aromatic amines is 1. The summed E-state index contributed by atoms with van der Waals surface area (Å²) in [5.74, 6) is 0.967. The molecule has 0 aliphatic heterocycles. The smallest absolute Gasteiger partial charge is 0.120 e. The maximum Gasteiger partial charge on any atom is 0.120 e. The van der Waals surface area contributed by atoms with Crippen molar-refractivity contribution in [1.82, 2.24) is 25.1 Å². The average molecular weight is 247 g/mol. The number of aryl methyl sites for hydroxylation is 2. The number of hydrogen-bond donors (Lipinski definition) is 2. The fourth-order valence-corrected chi connectivity index (χ4v) is 2.22. The highest BCUT2D eigenvalue weighted by Crippen LogP contribution is 2.25. The second-order valence-corrected chi connectivity index (χ2v) is 4.39. The molecule has 0 atom stereocenters. The van der Waals surface area contributed by atoms with Crippen molar-refractivity contribution in [3.05, 3.63) is 23.4 Å². The standard InChI is InChI=1S/C13H21N5/c1-5-14-8-12-15-7-11(16-12)13-9(3)17-18(6-2)10(13)4/h7,14H,5-6,8H2,1-4H3,(H,15,16). The van der Waals surface area contributed by atoms with Crippen molar-refractivity contribution in [3.63, 3.8) is 0 Å². The van der Waals surface area contributed by atoms with Crippen molar-refractivity contribution in [1.29, 1.82) is 0 Å². The van der Waals surface area contributed by atoms with Crippen LogP contribution in [-0.4, -0.2) is 26.3 Å². The van der Waals surface area contributed by atoms with Gasteiger partial charge in [-0.3, -0.25) is 4.68 Å². The van der Waals surface area contributed by atoms with E-state index >= 15 is 0 Å². The summed E-state index contributed by atoms with van der Waals surface area (Å²) in [5, 5.41) is 7.79. The van der Waals surface area contributed by atoms with Gasteiger partial charge in [-0.1, -0.05) is 6.92 Å². The van der Waals surface area contributed by atoms with Gasteiger partial charge in [-0.25, -0.2) is 4.98 Å². The predicted molar refractivity (Wildman–Crippen MR) is 72.3 cm³/mol. The van der Waals surface area contributed by atoms with E-state index in [4.69, 9.17) is 0 Å². The molecule has 5 heteroatoms. The Bertz CT molecular complexity index is 523. The lowest BCUT2D eigenvalue weighted by Gasteiger charge is -2.00. The summed E-state index contributed by atoms with van der Waals surface area (Å²) in [7, 11) is 0. The number of aromatic nitrogens is 4. The molecule has 0 saturated heterocycles. The van der Waals surface area contributed by atoms with Gasteiger partial charge < -0.3 is 10.3 Å². The summed E-state index contributed by atoms with van der Waals surface area (Å²) in [6, 6.07) is 0. The Morgan fingerprint density at radius 3 is 2.72 bits per heavy atom. The van der Waals surface area contributed by atoms with Crippen LogP contribution in [0.5, 0.6) is 0 Å². The van der Waals surface area contributed by atoms with Gasteiger partial charge >= 0.3 is 0 Å². The Morgan fingerprint density at radius 2 is 2.11 bits per heavy atom. The van der Waals surface area contributed by atoms with Gasteiger partial charge in [-0.2, -0.15) is 5.10 Å². The van der Waals surface area contributed by atoms with Crippen LogP contribution in [0.4, 0.5) is 0 Å². The van der Waals surface area contributed by atoms with Gasteiger partial charge in [-0.05, 0) is 27.3 Å². The van der Waals surface area contributed by atoms with Crippen LogP contribution in [0.2, 0.25) is 0 Å². The van der Waals surface area contributed by atoms with Crippen LogP contribution in [-0.2, 0) is 13.1 Å². The molecule has 0 bridgehead atoms. The minimum atomic E-state index is 0.774. The molecule has 0 amide bonds. The van der Waals surface area contributed by atoms with E-state index in [0.29, 0.717) is 0 Å². The van der Waals surface area contributed by atoms with Crippen LogP contribution in [0.1, 0.15) is 31.1 Å². The first-order valence-corrected chi connectivity index (χ1v) is 6.46. The maximum absolute atomic E-state index is 4.53. The molecule has 2 rings (SSSR count). The molecule has 2 aromatic rings. The summed E-state index contributed by atoms with van der Waals surface area (Å²) >= 11 is 0. The van der Waals surface area contributed by atoms with Gasteiger partial charge in [0.1, 0.15) is 5.82 Å². The van der Waals surface area contributed by atoms with Crippen LogP contribution in [0.25, 0.3) is 11.3 Å². The van der Waals surface area contributed by atoms with E-state index in [1.807, 2.05) is 17.8 Å². The Kier molecular flexibility index (Phi) is 3.81. The lowest BCUT2D eigenvalue weighted by molar-refractivity contribution is 0.634. The van der Waals surface area contributed by atoms with E-state index in [9.17, 15) is 0 Å². The van der Waals surface area contributed by atoms with Gasteiger partial charge in [0.2, 0.25) is 0 Å². The van der Waals surface area contributed by atoms with E-state index in [0.717, 1.165) is 36.8 Å². The van der Waals surface area contributed by atoms with E-state index in [1.165, 1.54) is 11.3 Å². The minimum absolute atomic E-state index is 0.774. The molecular weight excluding hydrogens is 226 g/mol. The molecule has 0 radical (unpaired) electrons. The topological polar surface area (TPSA) is 58.5 Å². The molecule has 2 aromatic heterocycles. The lowest BCUT2D eigenvalue weighted by Crippen LogP contribution is -2.12. The highest BCUT2D eigenvalue weighted by molar-refractivity contribution is 5.64. The van der Waals surface area contributed by atoms with E-state index in [1.54, 1.807) is 0 Å². The summed E-state index contributed by atoms with van der Waals surface area (Å²) in [5.41, 5.74) is 4.46. The molecule has 0 spiro atoms. The fraction of sp³-hybridized carbons (Fsp3) is 0.538. The molecule has 5 nitrogen and oxygen atoms in total. The predicted octanol–water partition coefficient (Wildman–Crippen LogP) is 2.02. The van der Waals surface area contributed by atoms with Gasteiger partial charge in [0.25, 0.3) is 0 Å². The van der Waals surface area contributed by atoms with Crippen molar-refractivity contribution in [3.8, 4) is 11.3 Å². The van der Waals surface area contributed by atoms with Crippen LogP contribution in [0.3, 0.4) is 0 Å². The van der Waals surface area contributed by atoms with Gasteiger partial charge in [0.05, 0.1) is 24.1 Å². The minimum Gasteiger partial charge on any atom is -0.341 e. The average Bonchev–Trinajstić information content (AvgIpc) is 2.91. The van der Waals surface area contributed by atoms with Crippen LogP contribution in [0, 0.1) is 13.8 Å². The summed E-state index contributed by atoms with van der Waals surface area (Å²) in [6.07, 6.45) is 1.89. The largest absolute Gasteiger partial charge is 0.341 e. The summed E-state index contributed by atoms with van der Waals surface area (Å²) < 4.78 is 2.02. The highest BCUT2D eigenvalue weighted by Gasteiger charge is 2.14. The molecule has 0 aliphatic carbocycles. The number of nitrogens with zero attached hydrogens (tertiary/aromatic N) is 3. The number of nitrogens with one attached hydrogen (secondary N) is 2. The zero-order valence-corrected chi connectivity index (χ0v) is 11.5. The molecule has 98 valence electrons. The van der Waals surface area contributed by atoms with E-state index < -0.39 is 0 Å². The van der Waals surface area contributed by atoms with Crippen LogP contribution in [0.15, 0.2) is 6.20 Å². The number of H-pyrrole nitrogens is 1. The SMILES string of the molecule is CCNCc1ncc(-c2c(C)nn(CC)c2C)[nH]1. The normalized spacial score (nSPS) is 11.1. The third-order valence-corrected chi connectivity index (χ3v) is 3.12. The van der Waals surface area contributed by atoms with Crippen molar-refractivity contribution in [2.75, 3.05) is 6.54 Å². The monoisotopic (exact) mass is 247 g/mol. The van der Waals surface area contributed by atoms with Gasteiger partial charge in [-0.15, -0.1) is 0 Å². The van der Waals surface area contributed by atoms with Crippen LogP contribution >= 0.6 is 0 Å². The van der Waals surface area contributed by atoms with Gasteiger partial charge in [0.15, 0.2) is 0 Å². The molecule has 0 saturated carbocycles. The first-order valence-electron chi connectivity index (χ1n) is 6.46. The van der Waals surface area contributed by atoms with Crippen molar-refractivity contribution < 1.29 is 0 Å². The van der Waals surface area contributed by atoms with Crippen molar-refractivity contribution in [2.24, 2.45) is 0 Å². The van der Waals surface area contributed by atoms with Gasteiger partial charge in [0, 0.05) is 17.8 Å². The molecule has 18 heavy (non-hydrogen) atoms. The molecule has 0 aliphatic rings. The fourth-order valence-electron chi connectivity index (χ4n) is 2.22.